The van der Waals surface area contributed by atoms with Gasteiger partial charge in [0.15, 0.2) is 11.5 Å². The van der Waals surface area contributed by atoms with Crippen LogP contribution >= 0.6 is 12.4 Å². The van der Waals surface area contributed by atoms with Crippen LogP contribution in [0.4, 0.5) is 0 Å². The number of aromatic amines is 2. The van der Waals surface area contributed by atoms with Gasteiger partial charge in [-0.1, -0.05) is 18.2 Å². The predicted octanol–water partition coefficient (Wildman–Crippen LogP) is 2.00. The van der Waals surface area contributed by atoms with Crippen LogP contribution in [0.1, 0.15) is 5.56 Å². The molecule has 3 aromatic rings. The first-order valence-electron chi connectivity index (χ1n) is 9.07. The molecule has 9 heteroatoms. The number of aliphatic hydroxyl groups is 1. The van der Waals surface area contributed by atoms with Crippen LogP contribution in [-0.2, 0) is 0 Å². The summed E-state index contributed by atoms with van der Waals surface area (Å²) in [6.45, 7) is 3.37. The van der Waals surface area contributed by atoms with Gasteiger partial charge in [0.2, 0.25) is 0 Å². The van der Waals surface area contributed by atoms with Gasteiger partial charge in [-0.25, -0.2) is 4.79 Å². The molecule has 0 saturated carbocycles. The summed E-state index contributed by atoms with van der Waals surface area (Å²) in [5.41, 5.74) is 1.98. The molecule has 1 atom stereocenters. The number of nitrogens with one attached hydrogen (secondary N) is 3. The van der Waals surface area contributed by atoms with Gasteiger partial charge in [-0.2, -0.15) is 0 Å². The number of rotatable bonds is 10. The van der Waals surface area contributed by atoms with Crippen molar-refractivity contribution in [3.63, 3.8) is 0 Å². The van der Waals surface area contributed by atoms with Gasteiger partial charge in [0.25, 0.3) is 0 Å². The van der Waals surface area contributed by atoms with E-state index in [0.717, 1.165) is 5.56 Å². The Hall–Kier alpha value is -2.68. The number of halogens is 1. The van der Waals surface area contributed by atoms with E-state index in [9.17, 15) is 9.90 Å². The molecular formula is C20H26ClN3O5. The van der Waals surface area contributed by atoms with Crippen LogP contribution in [0.25, 0.3) is 11.0 Å². The monoisotopic (exact) mass is 423 g/mol. The summed E-state index contributed by atoms with van der Waals surface area (Å²) in [6.07, 6.45) is -0.701. The van der Waals surface area contributed by atoms with Crippen molar-refractivity contribution in [3.05, 3.63) is 52.4 Å². The van der Waals surface area contributed by atoms with Crippen molar-refractivity contribution in [2.45, 2.75) is 13.0 Å². The molecule has 0 aliphatic carbocycles. The molecule has 8 nitrogen and oxygen atoms in total. The van der Waals surface area contributed by atoms with Gasteiger partial charge in [0.1, 0.15) is 30.6 Å². The Morgan fingerprint density at radius 2 is 1.76 bits per heavy atom. The number of aryl methyl sites for hydroxylation is 1. The molecular weight excluding hydrogens is 398 g/mol. The van der Waals surface area contributed by atoms with Crippen molar-refractivity contribution in [1.82, 2.24) is 15.3 Å². The third kappa shape index (κ3) is 5.90. The molecule has 0 radical (unpaired) electrons. The van der Waals surface area contributed by atoms with Gasteiger partial charge < -0.3 is 34.6 Å². The van der Waals surface area contributed by atoms with Crippen LogP contribution in [0, 0.1) is 6.92 Å². The topological polar surface area (TPSA) is 109 Å². The van der Waals surface area contributed by atoms with E-state index in [4.69, 9.17) is 14.2 Å². The average molecular weight is 424 g/mol. The van der Waals surface area contributed by atoms with Crippen molar-refractivity contribution in [3.8, 4) is 17.2 Å². The summed E-state index contributed by atoms with van der Waals surface area (Å²) in [5.74, 6) is 1.89. The van der Waals surface area contributed by atoms with Crippen LogP contribution in [0.2, 0.25) is 0 Å². The number of aliphatic hydroxyl groups excluding tert-OH is 1. The Labute approximate surface area is 174 Å². The number of ether oxygens (including phenoxy) is 3. The van der Waals surface area contributed by atoms with E-state index in [-0.39, 0.29) is 24.7 Å². The maximum atomic E-state index is 11.5. The molecule has 1 heterocycles. The van der Waals surface area contributed by atoms with Gasteiger partial charge in [-0.3, -0.25) is 0 Å². The maximum absolute atomic E-state index is 11.5. The highest BCUT2D eigenvalue weighted by atomic mass is 35.5. The number of hydrogen-bond acceptors (Lipinski definition) is 6. The third-order valence-electron chi connectivity index (χ3n) is 4.27. The van der Waals surface area contributed by atoms with Gasteiger partial charge in [-0.15, -0.1) is 12.4 Å². The molecule has 0 saturated heterocycles. The number of fused-ring (bicyclic) bond motifs is 1. The fourth-order valence-electron chi connectivity index (χ4n) is 2.84. The van der Waals surface area contributed by atoms with Crippen molar-refractivity contribution < 1.29 is 19.3 Å². The minimum absolute atomic E-state index is 0. The highest BCUT2D eigenvalue weighted by Crippen LogP contribution is 2.25. The van der Waals surface area contributed by atoms with Gasteiger partial charge in [-0.05, 0) is 30.7 Å². The molecule has 0 aliphatic heterocycles. The number of aromatic nitrogens is 2. The van der Waals surface area contributed by atoms with E-state index < -0.39 is 6.10 Å². The van der Waals surface area contributed by atoms with E-state index in [2.05, 4.69) is 15.3 Å². The molecule has 1 unspecified atom stereocenters. The Balaban J connectivity index is 0.00000300. The predicted molar refractivity (Wildman–Crippen MR) is 114 cm³/mol. The zero-order valence-electron chi connectivity index (χ0n) is 16.4. The Morgan fingerprint density at radius 1 is 1.03 bits per heavy atom. The number of benzene rings is 2. The van der Waals surface area contributed by atoms with Crippen LogP contribution in [0.15, 0.2) is 41.2 Å². The summed E-state index contributed by atoms with van der Waals surface area (Å²) in [6, 6.07) is 11.1. The van der Waals surface area contributed by atoms with E-state index >= 15 is 0 Å². The second-order valence-corrected chi connectivity index (χ2v) is 6.38. The molecule has 0 fully saturated rings. The molecule has 4 N–H and O–H groups in total. The fourth-order valence-corrected chi connectivity index (χ4v) is 2.84. The lowest BCUT2D eigenvalue weighted by Gasteiger charge is -2.15. The lowest BCUT2D eigenvalue weighted by molar-refractivity contribution is 0.106. The van der Waals surface area contributed by atoms with E-state index in [1.165, 1.54) is 0 Å². The Kier molecular flexibility index (Phi) is 8.38. The summed E-state index contributed by atoms with van der Waals surface area (Å²) in [5, 5.41) is 13.2. The molecule has 2 aromatic carbocycles. The van der Waals surface area contributed by atoms with Crippen molar-refractivity contribution in [2.24, 2.45) is 0 Å². The summed E-state index contributed by atoms with van der Waals surface area (Å²) in [7, 11) is 1.60. The smallest absolute Gasteiger partial charge is 0.323 e. The minimum atomic E-state index is -0.701. The quantitative estimate of drug-likeness (QED) is 0.371. The molecule has 0 aliphatic rings. The van der Waals surface area contributed by atoms with Crippen LogP contribution in [-0.4, -0.2) is 54.6 Å². The second-order valence-electron chi connectivity index (χ2n) is 6.38. The van der Waals surface area contributed by atoms with Gasteiger partial charge in [0.05, 0.1) is 12.6 Å². The number of methoxy groups -OCH3 is 1. The van der Waals surface area contributed by atoms with E-state index in [1.807, 2.05) is 37.3 Å². The molecule has 0 bridgehead atoms. The zero-order chi connectivity index (χ0) is 19.9. The lowest BCUT2D eigenvalue weighted by Crippen LogP contribution is -2.33. The van der Waals surface area contributed by atoms with Crippen molar-refractivity contribution in [2.75, 3.05) is 33.4 Å². The lowest BCUT2D eigenvalue weighted by atomic mass is 10.2. The van der Waals surface area contributed by atoms with Crippen LogP contribution in [0.3, 0.4) is 0 Å². The van der Waals surface area contributed by atoms with E-state index in [1.54, 1.807) is 13.2 Å². The summed E-state index contributed by atoms with van der Waals surface area (Å²) in [4.78, 5) is 17.0. The highest BCUT2D eigenvalue weighted by Gasteiger charge is 2.11. The summed E-state index contributed by atoms with van der Waals surface area (Å²) >= 11 is 0. The molecule has 3 rings (SSSR count). The standard InChI is InChI=1S/C20H25N3O5.ClH/c1-13-7-8-17(19-18(13)22-20(25)23-19)28-12-14(24)11-21-9-10-27-16-6-4-3-5-15(16)26-2;/h3-8,14,21,24H,9-12H2,1-2H3,(H2,22,23,25);1H. The Morgan fingerprint density at radius 3 is 2.52 bits per heavy atom. The Bertz CT molecular complexity index is 972. The normalized spacial score (nSPS) is 11.7. The van der Waals surface area contributed by atoms with Gasteiger partial charge >= 0.3 is 5.69 Å². The zero-order valence-corrected chi connectivity index (χ0v) is 17.2. The fraction of sp³-hybridized carbons (Fsp3) is 0.350. The first-order chi connectivity index (χ1) is 13.6. The maximum Gasteiger partial charge on any atom is 0.323 e. The van der Waals surface area contributed by atoms with E-state index in [0.29, 0.717) is 48.0 Å². The molecule has 1 aromatic heterocycles. The first-order valence-corrected chi connectivity index (χ1v) is 9.07. The van der Waals surface area contributed by atoms with Gasteiger partial charge in [0, 0.05) is 13.1 Å². The average Bonchev–Trinajstić information content (AvgIpc) is 3.10. The second kappa shape index (κ2) is 10.8. The first kappa shape index (κ1) is 22.6. The third-order valence-corrected chi connectivity index (χ3v) is 4.27. The number of imidazole rings is 1. The van der Waals surface area contributed by atoms with Crippen LogP contribution in [0.5, 0.6) is 17.2 Å². The largest absolute Gasteiger partial charge is 0.493 e. The minimum Gasteiger partial charge on any atom is -0.493 e. The number of para-hydroxylation sites is 2. The molecule has 0 spiro atoms. The molecule has 0 amide bonds. The highest BCUT2D eigenvalue weighted by molar-refractivity contribution is 5.85. The SMILES string of the molecule is COc1ccccc1OCCNCC(O)COc1ccc(C)c2[nH]c(=O)[nH]c12.Cl. The van der Waals surface area contributed by atoms with Crippen molar-refractivity contribution in [1.29, 1.82) is 0 Å². The summed E-state index contributed by atoms with van der Waals surface area (Å²) < 4.78 is 16.6. The number of hydrogen-bond donors (Lipinski definition) is 4. The van der Waals surface area contributed by atoms with Crippen LogP contribution < -0.4 is 25.2 Å². The number of H-pyrrole nitrogens is 2. The molecule has 158 valence electrons. The van der Waals surface area contributed by atoms with Crippen molar-refractivity contribution >= 4 is 23.4 Å². The molecule has 29 heavy (non-hydrogen) atoms.